The third-order valence-corrected chi connectivity index (χ3v) is 9.73. The van der Waals surface area contributed by atoms with Gasteiger partial charge in [0.25, 0.3) is 0 Å². The number of hydrogen-bond donors (Lipinski definition) is 0. The second-order valence-electron chi connectivity index (χ2n) is 10.6. The average molecular weight is 642 g/mol. The van der Waals surface area contributed by atoms with Crippen LogP contribution in [0.25, 0.3) is 37.7 Å². The number of ketones is 1. The van der Waals surface area contributed by atoms with Gasteiger partial charge in [0.2, 0.25) is 0 Å². The van der Waals surface area contributed by atoms with Gasteiger partial charge in [-0.05, 0) is 67.4 Å². The molecule has 0 fully saturated rings. The molecule has 2 heterocycles. The number of fused-ring (bicyclic) bond motifs is 4. The lowest BCUT2D eigenvalue weighted by molar-refractivity contribution is -0.140. The standard InChI is InChI=1S/C38H31N3O3S2/c1-4-5-11-25(2)37(43)27-17-20-29(21-18-27)41-34-15-8-6-12-30(34)31-24-28(19-22-35(31)41)32(40-44-26(3)42)14-10-23-45-38-39-33-13-7-9-16-36(33)46-38/h4-9,11-13,15-22,24H,1-2,10,14,23H2,3H3. The van der Waals surface area contributed by atoms with Gasteiger partial charge in [0.15, 0.2) is 10.1 Å². The Morgan fingerprint density at radius 1 is 0.957 bits per heavy atom. The number of thioether (sulfide) groups is 1. The van der Waals surface area contributed by atoms with Crippen molar-refractivity contribution in [3.8, 4) is 5.69 Å². The zero-order valence-electron chi connectivity index (χ0n) is 25.3. The van der Waals surface area contributed by atoms with Crippen LogP contribution in [-0.2, 0) is 9.63 Å². The van der Waals surface area contributed by atoms with Crippen LogP contribution < -0.4 is 0 Å². The molecule has 0 bridgehead atoms. The number of para-hydroxylation sites is 2. The average Bonchev–Trinajstić information content (AvgIpc) is 3.65. The van der Waals surface area contributed by atoms with Crippen LogP contribution in [-0.4, -0.2) is 32.8 Å². The van der Waals surface area contributed by atoms with Crippen molar-refractivity contribution in [2.24, 2.45) is 5.16 Å². The van der Waals surface area contributed by atoms with E-state index in [0.29, 0.717) is 23.3 Å². The molecule has 46 heavy (non-hydrogen) atoms. The highest BCUT2D eigenvalue weighted by Gasteiger charge is 2.16. The molecule has 0 aliphatic heterocycles. The topological polar surface area (TPSA) is 73.6 Å². The second kappa shape index (κ2) is 13.9. The summed E-state index contributed by atoms with van der Waals surface area (Å²) in [4.78, 5) is 34.4. The quantitative estimate of drug-likeness (QED) is 0.0194. The third kappa shape index (κ3) is 6.63. The van der Waals surface area contributed by atoms with Gasteiger partial charge in [-0.15, -0.1) is 11.3 Å². The summed E-state index contributed by atoms with van der Waals surface area (Å²) in [6, 6.07) is 30.2. The van der Waals surface area contributed by atoms with Crippen LogP contribution >= 0.6 is 23.1 Å². The number of carbonyl (C=O) groups is 2. The van der Waals surface area contributed by atoms with Crippen molar-refractivity contribution >= 4 is 72.6 Å². The van der Waals surface area contributed by atoms with Crippen molar-refractivity contribution in [1.82, 2.24) is 9.55 Å². The molecule has 0 saturated carbocycles. The fourth-order valence-electron chi connectivity index (χ4n) is 5.31. The highest BCUT2D eigenvalue weighted by atomic mass is 32.2. The highest BCUT2D eigenvalue weighted by Crippen LogP contribution is 2.34. The molecule has 6 nitrogen and oxygen atoms in total. The molecule has 0 radical (unpaired) electrons. The van der Waals surface area contributed by atoms with Crippen molar-refractivity contribution in [3.63, 3.8) is 0 Å². The zero-order chi connectivity index (χ0) is 32.0. The number of aromatic nitrogens is 2. The molecule has 0 atom stereocenters. The Hall–Kier alpha value is -5.05. The summed E-state index contributed by atoms with van der Waals surface area (Å²) in [6.07, 6.45) is 6.45. The number of allylic oxidation sites excluding steroid dienone is 4. The van der Waals surface area contributed by atoms with Gasteiger partial charge < -0.3 is 9.40 Å². The van der Waals surface area contributed by atoms with Gasteiger partial charge in [-0.25, -0.2) is 9.78 Å². The smallest absolute Gasteiger partial charge is 0.318 e. The minimum Gasteiger partial charge on any atom is -0.318 e. The van der Waals surface area contributed by atoms with Crippen LogP contribution in [0, 0.1) is 0 Å². The summed E-state index contributed by atoms with van der Waals surface area (Å²) in [7, 11) is 0. The number of benzene rings is 4. The first-order chi connectivity index (χ1) is 22.4. The summed E-state index contributed by atoms with van der Waals surface area (Å²) in [5.74, 6) is 0.271. The Kier molecular flexibility index (Phi) is 9.38. The molecular weight excluding hydrogens is 611 g/mol. The number of nitrogens with zero attached hydrogens (tertiary/aromatic N) is 3. The molecule has 6 rings (SSSR count). The molecular formula is C38H31N3O3S2. The highest BCUT2D eigenvalue weighted by molar-refractivity contribution is 8.01. The molecule has 0 aliphatic rings. The molecule has 0 amide bonds. The molecule has 0 spiro atoms. The molecule has 2 aromatic heterocycles. The SMILES string of the molecule is C=CC=CC(=C)C(=O)c1ccc(-n2c3ccccc3c3cc(C(CCCSc4nc5ccccc5s4)=NOC(C)=O)ccc32)cc1. The van der Waals surface area contributed by atoms with Crippen LogP contribution in [0.5, 0.6) is 0 Å². The molecule has 228 valence electrons. The predicted molar refractivity (Wildman–Crippen MR) is 191 cm³/mol. The van der Waals surface area contributed by atoms with E-state index in [9.17, 15) is 9.59 Å². The number of oxime groups is 1. The lowest BCUT2D eigenvalue weighted by Gasteiger charge is -2.10. The largest absolute Gasteiger partial charge is 0.331 e. The maximum atomic E-state index is 12.8. The zero-order valence-corrected chi connectivity index (χ0v) is 26.9. The van der Waals surface area contributed by atoms with Gasteiger partial charge in [-0.2, -0.15) is 0 Å². The maximum absolute atomic E-state index is 12.8. The first-order valence-electron chi connectivity index (χ1n) is 14.8. The summed E-state index contributed by atoms with van der Waals surface area (Å²) < 4.78 is 4.41. The Labute approximate surface area is 275 Å². The monoisotopic (exact) mass is 641 g/mol. The van der Waals surface area contributed by atoms with E-state index in [2.05, 4.69) is 53.2 Å². The fraction of sp³-hybridized carbons (Fsp3) is 0.105. The van der Waals surface area contributed by atoms with Crippen LogP contribution in [0.15, 0.2) is 137 Å². The Balaban J connectivity index is 1.28. The number of rotatable bonds is 12. The van der Waals surface area contributed by atoms with Crippen molar-refractivity contribution in [1.29, 1.82) is 0 Å². The van der Waals surface area contributed by atoms with Crippen molar-refractivity contribution < 1.29 is 14.4 Å². The van der Waals surface area contributed by atoms with E-state index in [1.807, 2.05) is 60.7 Å². The molecule has 0 N–H and O–H groups in total. The maximum Gasteiger partial charge on any atom is 0.331 e. The Bertz CT molecular complexity index is 2140. The predicted octanol–water partition coefficient (Wildman–Crippen LogP) is 9.71. The lowest BCUT2D eigenvalue weighted by Crippen LogP contribution is -2.05. The van der Waals surface area contributed by atoms with Gasteiger partial charge in [0.05, 0.1) is 27.0 Å². The summed E-state index contributed by atoms with van der Waals surface area (Å²) in [6.45, 7) is 8.89. The minimum atomic E-state index is -0.457. The first kappa shape index (κ1) is 31.0. The van der Waals surface area contributed by atoms with Crippen LogP contribution in [0.4, 0.5) is 0 Å². The van der Waals surface area contributed by atoms with Crippen LogP contribution in [0.2, 0.25) is 0 Å². The summed E-state index contributed by atoms with van der Waals surface area (Å²) >= 11 is 3.43. The van der Waals surface area contributed by atoms with E-state index in [1.54, 1.807) is 41.3 Å². The van der Waals surface area contributed by atoms with Crippen molar-refractivity contribution in [2.75, 3.05) is 5.75 Å². The third-order valence-electron chi connectivity index (χ3n) is 7.46. The minimum absolute atomic E-state index is 0.130. The number of hydrogen-bond acceptors (Lipinski definition) is 7. The Morgan fingerprint density at radius 2 is 1.70 bits per heavy atom. The number of carbonyl (C=O) groups excluding carboxylic acids is 2. The number of Topliss-reactive ketones (excluding diaryl/α,β-unsaturated/α-hetero) is 1. The van der Waals surface area contributed by atoms with Crippen LogP contribution in [0.1, 0.15) is 35.7 Å². The summed E-state index contributed by atoms with van der Waals surface area (Å²) in [5, 5.41) is 6.41. The lowest BCUT2D eigenvalue weighted by atomic mass is 10.0. The van der Waals surface area contributed by atoms with Gasteiger partial charge in [0, 0.05) is 45.8 Å². The molecule has 6 aromatic rings. The molecule has 8 heteroatoms. The summed E-state index contributed by atoms with van der Waals surface area (Å²) in [5.41, 5.74) is 6.59. The number of thiazole rings is 1. The second-order valence-corrected chi connectivity index (χ2v) is 13.0. The van der Waals surface area contributed by atoms with Gasteiger partial charge in [-0.3, -0.25) is 4.79 Å². The first-order valence-corrected chi connectivity index (χ1v) is 16.6. The molecule has 0 unspecified atom stereocenters. The van der Waals surface area contributed by atoms with E-state index in [1.165, 1.54) is 11.6 Å². The van der Waals surface area contributed by atoms with Gasteiger partial charge in [-0.1, -0.05) is 84.7 Å². The van der Waals surface area contributed by atoms with Crippen LogP contribution in [0.3, 0.4) is 0 Å². The van der Waals surface area contributed by atoms with Crippen molar-refractivity contribution in [2.45, 2.75) is 24.1 Å². The van der Waals surface area contributed by atoms with E-state index in [0.717, 1.165) is 55.1 Å². The normalized spacial score (nSPS) is 11.9. The Morgan fingerprint density at radius 3 is 2.48 bits per heavy atom. The van der Waals surface area contributed by atoms with E-state index in [4.69, 9.17) is 9.82 Å². The molecule has 0 aliphatic carbocycles. The van der Waals surface area contributed by atoms with E-state index >= 15 is 0 Å². The van der Waals surface area contributed by atoms with E-state index < -0.39 is 5.97 Å². The van der Waals surface area contributed by atoms with Gasteiger partial charge in [0.1, 0.15) is 0 Å². The van der Waals surface area contributed by atoms with Crippen molar-refractivity contribution in [3.05, 3.63) is 139 Å². The van der Waals surface area contributed by atoms with Gasteiger partial charge >= 0.3 is 5.97 Å². The fourth-order valence-corrected chi connectivity index (χ4v) is 7.39. The molecule has 0 saturated heterocycles. The molecule has 4 aromatic carbocycles. The van der Waals surface area contributed by atoms with E-state index in [-0.39, 0.29) is 5.78 Å².